The van der Waals surface area contributed by atoms with Crippen LogP contribution in [0.3, 0.4) is 0 Å². The van der Waals surface area contributed by atoms with E-state index in [4.69, 9.17) is 23.2 Å². The molecular weight excluding hydrogens is 491 g/mol. The van der Waals surface area contributed by atoms with Crippen molar-refractivity contribution in [3.05, 3.63) is 63.3 Å². The van der Waals surface area contributed by atoms with Crippen LogP contribution in [-0.4, -0.2) is 49.4 Å². The van der Waals surface area contributed by atoms with E-state index in [2.05, 4.69) is 10.1 Å². The van der Waals surface area contributed by atoms with E-state index in [1.165, 1.54) is 24.3 Å². The van der Waals surface area contributed by atoms with E-state index in [1.807, 2.05) is 13.0 Å². The molecular formula is C22H22Cl2N2O6S. The molecule has 0 aliphatic rings. The first-order valence-electron chi connectivity index (χ1n) is 9.75. The number of nitrogens with one attached hydrogen (secondary N) is 1. The minimum absolute atomic E-state index is 0.0739. The molecule has 2 aromatic carbocycles. The zero-order valence-corrected chi connectivity index (χ0v) is 20.4. The maximum Gasteiger partial charge on any atom is 0.321 e. The number of aliphatic hydroxyl groups is 1. The average Bonchev–Trinajstić information content (AvgIpc) is 3.12. The molecule has 0 spiro atoms. The zero-order chi connectivity index (χ0) is 24.5. The lowest BCUT2D eigenvalue weighted by Gasteiger charge is -2.17. The number of aliphatic hydroxyl groups excluding tert-OH is 1. The Labute approximate surface area is 201 Å². The first-order valence-corrected chi connectivity index (χ1v) is 12.2. The summed E-state index contributed by atoms with van der Waals surface area (Å²) in [6.45, 7) is 1.40. The van der Waals surface area contributed by atoms with Gasteiger partial charge in [-0.05, 0) is 42.3 Å². The van der Waals surface area contributed by atoms with Gasteiger partial charge in [-0.3, -0.25) is 9.59 Å². The number of esters is 1. The van der Waals surface area contributed by atoms with Gasteiger partial charge in [0.2, 0.25) is 0 Å². The van der Waals surface area contributed by atoms with Crippen molar-refractivity contribution < 1.29 is 27.9 Å². The Morgan fingerprint density at radius 1 is 1.15 bits per heavy atom. The standard InChI is InChI=1S/C22H22Cl2N2O6S/c1-12-8-17-15(21(24)20(12)23)9-18(26(17)2)22(29)25-16(10-27)13-4-6-14(7-5-13)33(30,31)11-19(28)32-3/h4-9,16,27H,10-11H2,1-3H3,(H,25,29). The van der Waals surface area contributed by atoms with E-state index >= 15 is 0 Å². The third-order valence-electron chi connectivity index (χ3n) is 5.31. The number of benzene rings is 2. The number of aryl methyl sites for hydroxylation is 2. The van der Waals surface area contributed by atoms with Crippen molar-refractivity contribution in [2.45, 2.75) is 17.9 Å². The molecule has 0 aliphatic carbocycles. The summed E-state index contributed by atoms with van der Waals surface area (Å²) in [5.41, 5.74) is 2.30. The largest absolute Gasteiger partial charge is 0.468 e. The van der Waals surface area contributed by atoms with E-state index in [9.17, 15) is 23.1 Å². The molecule has 3 rings (SSSR count). The Morgan fingerprint density at radius 2 is 1.79 bits per heavy atom. The molecule has 1 unspecified atom stereocenters. The molecule has 1 atom stereocenters. The zero-order valence-electron chi connectivity index (χ0n) is 18.1. The fourth-order valence-corrected chi connectivity index (χ4v) is 5.02. The highest BCUT2D eigenvalue weighted by atomic mass is 35.5. The molecule has 176 valence electrons. The third-order valence-corrected chi connectivity index (χ3v) is 7.89. The van der Waals surface area contributed by atoms with Gasteiger partial charge in [0.1, 0.15) is 5.69 Å². The number of rotatable bonds is 7. The lowest BCUT2D eigenvalue weighted by molar-refractivity contribution is -0.137. The van der Waals surface area contributed by atoms with Gasteiger partial charge in [0.05, 0.1) is 40.2 Å². The second kappa shape index (κ2) is 9.72. The highest BCUT2D eigenvalue weighted by molar-refractivity contribution is 7.92. The summed E-state index contributed by atoms with van der Waals surface area (Å²) in [6.07, 6.45) is 0. The summed E-state index contributed by atoms with van der Waals surface area (Å²) < 4.78 is 30.6. The molecule has 0 aliphatic heterocycles. The number of halogens is 2. The number of fused-ring (bicyclic) bond motifs is 1. The van der Waals surface area contributed by atoms with Gasteiger partial charge >= 0.3 is 5.97 Å². The molecule has 1 heterocycles. The summed E-state index contributed by atoms with van der Waals surface area (Å²) in [7, 11) is -1.05. The van der Waals surface area contributed by atoms with Gasteiger partial charge in [0.25, 0.3) is 5.91 Å². The van der Waals surface area contributed by atoms with Gasteiger partial charge in [-0.1, -0.05) is 35.3 Å². The SMILES string of the molecule is COC(=O)CS(=O)(=O)c1ccc(C(CO)NC(=O)c2cc3c(Cl)c(Cl)c(C)cc3n2C)cc1. The fourth-order valence-electron chi connectivity index (χ4n) is 3.42. The molecule has 33 heavy (non-hydrogen) atoms. The summed E-state index contributed by atoms with van der Waals surface area (Å²) >= 11 is 12.6. The smallest absolute Gasteiger partial charge is 0.321 e. The van der Waals surface area contributed by atoms with Crippen LogP contribution in [0.15, 0.2) is 41.3 Å². The monoisotopic (exact) mass is 512 g/mol. The first kappa shape index (κ1) is 25.0. The second-order valence-electron chi connectivity index (χ2n) is 7.46. The van der Waals surface area contributed by atoms with Crippen molar-refractivity contribution in [1.82, 2.24) is 9.88 Å². The van der Waals surface area contributed by atoms with Crippen LogP contribution in [0.1, 0.15) is 27.7 Å². The molecule has 8 nitrogen and oxygen atoms in total. The van der Waals surface area contributed by atoms with Crippen LogP contribution in [-0.2, 0) is 26.4 Å². The van der Waals surface area contributed by atoms with Crippen LogP contribution in [0, 0.1) is 6.92 Å². The lowest BCUT2D eigenvalue weighted by Crippen LogP contribution is -2.32. The van der Waals surface area contributed by atoms with Crippen LogP contribution in [0.2, 0.25) is 10.0 Å². The van der Waals surface area contributed by atoms with Gasteiger partial charge in [-0.15, -0.1) is 0 Å². The van der Waals surface area contributed by atoms with Crippen molar-refractivity contribution in [2.24, 2.45) is 7.05 Å². The molecule has 0 saturated carbocycles. The topological polar surface area (TPSA) is 115 Å². The maximum atomic E-state index is 13.0. The molecule has 3 aromatic rings. The number of ether oxygens (including phenoxy) is 1. The van der Waals surface area contributed by atoms with E-state index in [0.29, 0.717) is 26.7 Å². The van der Waals surface area contributed by atoms with E-state index in [-0.39, 0.29) is 4.90 Å². The minimum atomic E-state index is -3.87. The Morgan fingerprint density at radius 3 is 2.36 bits per heavy atom. The summed E-state index contributed by atoms with van der Waals surface area (Å²) in [5.74, 6) is -2.11. The molecule has 0 bridgehead atoms. The predicted octanol–water partition coefficient (Wildman–Crippen LogP) is 3.20. The number of nitrogens with zero attached hydrogens (tertiary/aromatic N) is 1. The van der Waals surface area contributed by atoms with Crippen LogP contribution in [0.25, 0.3) is 10.9 Å². The normalized spacial score (nSPS) is 12.5. The number of sulfone groups is 1. The van der Waals surface area contributed by atoms with Gasteiger partial charge in [0, 0.05) is 12.4 Å². The van der Waals surface area contributed by atoms with E-state index in [0.717, 1.165) is 18.2 Å². The Balaban J connectivity index is 1.85. The highest BCUT2D eigenvalue weighted by Gasteiger charge is 2.23. The van der Waals surface area contributed by atoms with Crippen molar-refractivity contribution in [2.75, 3.05) is 19.5 Å². The number of amides is 1. The van der Waals surface area contributed by atoms with E-state index < -0.39 is 40.1 Å². The predicted molar refractivity (Wildman–Crippen MR) is 125 cm³/mol. The lowest BCUT2D eigenvalue weighted by atomic mass is 10.1. The van der Waals surface area contributed by atoms with Crippen LogP contribution >= 0.6 is 23.2 Å². The highest BCUT2D eigenvalue weighted by Crippen LogP contribution is 2.35. The summed E-state index contributed by atoms with van der Waals surface area (Å²) in [4.78, 5) is 24.2. The van der Waals surface area contributed by atoms with Crippen molar-refractivity contribution >= 4 is 55.8 Å². The number of methoxy groups -OCH3 is 1. The van der Waals surface area contributed by atoms with Gasteiger partial charge in [-0.2, -0.15) is 0 Å². The molecule has 11 heteroatoms. The van der Waals surface area contributed by atoms with Crippen molar-refractivity contribution in [3.8, 4) is 0 Å². The maximum absolute atomic E-state index is 13.0. The van der Waals surface area contributed by atoms with Crippen LogP contribution in [0.5, 0.6) is 0 Å². The van der Waals surface area contributed by atoms with Crippen molar-refractivity contribution in [1.29, 1.82) is 0 Å². The van der Waals surface area contributed by atoms with E-state index in [1.54, 1.807) is 17.7 Å². The van der Waals surface area contributed by atoms with Gasteiger partial charge in [-0.25, -0.2) is 8.42 Å². The molecule has 2 N–H and O–H groups in total. The third kappa shape index (κ3) is 5.01. The Hall–Kier alpha value is -2.59. The van der Waals surface area contributed by atoms with Gasteiger partial charge < -0.3 is 19.7 Å². The molecule has 1 amide bonds. The van der Waals surface area contributed by atoms with Gasteiger partial charge in [0.15, 0.2) is 15.6 Å². The van der Waals surface area contributed by atoms with Crippen LogP contribution in [0.4, 0.5) is 0 Å². The Bertz CT molecular complexity index is 1330. The number of aromatic nitrogens is 1. The number of hydrogen-bond acceptors (Lipinski definition) is 6. The average molecular weight is 513 g/mol. The van der Waals surface area contributed by atoms with Crippen molar-refractivity contribution in [3.63, 3.8) is 0 Å². The molecule has 0 saturated heterocycles. The molecule has 0 radical (unpaired) electrons. The number of hydrogen-bond donors (Lipinski definition) is 2. The first-order chi connectivity index (χ1) is 15.5. The summed E-state index contributed by atoms with van der Waals surface area (Å²) in [6, 6.07) is 8.20. The quantitative estimate of drug-likeness (QED) is 0.469. The fraction of sp³-hybridized carbons (Fsp3) is 0.273. The molecule has 0 fully saturated rings. The molecule has 1 aromatic heterocycles. The van der Waals surface area contributed by atoms with Crippen LogP contribution < -0.4 is 5.32 Å². The second-order valence-corrected chi connectivity index (χ2v) is 10.2. The number of carbonyl (C=O) groups is 2. The number of carbonyl (C=O) groups excluding carboxylic acids is 2. The summed E-state index contributed by atoms with van der Waals surface area (Å²) in [5, 5.41) is 14.0. The minimum Gasteiger partial charge on any atom is -0.468 e. The Kier molecular flexibility index (Phi) is 7.38.